The average molecular weight is 295 g/mol. The van der Waals surface area contributed by atoms with Crippen LogP contribution in [-0.4, -0.2) is 34.7 Å². The van der Waals surface area contributed by atoms with Crippen LogP contribution in [0.1, 0.15) is 23.7 Å². The van der Waals surface area contributed by atoms with Crippen molar-refractivity contribution in [2.24, 2.45) is 5.92 Å². The topological polar surface area (TPSA) is 58.4 Å². The molecule has 3 rings (SSSR count). The molecule has 1 amide bonds. The van der Waals surface area contributed by atoms with Gasteiger partial charge in [0.1, 0.15) is 0 Å². The third kappa shape index (κ3) is 2.78. The van der Waals surface area contributed by atoms with E-state index in [1.54, 1.807) is 10.7 Å². The molecule has 0 radical (unpaired) electrons. The monoisotopic (exact) mass is 294 g/mol. The van der Waals surface area contributed by atoms with Crippen molar-refractivity contribution in [3.05, 3.63) is 36.2 Å². The number of nitrogens with one attached hydrogen (secondary N) is 2. The van der Waals surface area contributed by atoms with E-state index in [-0.39, 0.29) is 24.4 Å². The molecule has 0 bridgehead atoms. The molecule has 1 saturated heterocycles. The van der Waals surface area contributed by atoms with Crippen molar-refractivity contribution < 1.29 is 4.79 Å². The van der Waals surface area contributed by atoms with Gasteiger partial charge in [0.05, 0.1) is 17.3 Å². The summed E-state index contributed by atoms with van der Waals surface area (Å²) >= 11 is 0. The van der Waals surface area contributed by atoms with Gasteiger partial charge in [-0.15, -0.1) is 12.4 Å². The highest BCUT2D eigenvalue weighted by atomic mass is 35.5. The van der Waals surface area contributed by atoms with Gasteiger partial charge in [-0.05, 0) is 31.0 Å². The standard InChI is InChI=1S/C14H18N4O.ClH/c1-10-5-6-15-9-12(10)17-14(19)11-8-16-18-7-3-2-4-13(11)18;/h2-4,7-8,10,12,15H,5-6,9H2,1H3,(H,17,19);1H. The van der Waals surface area contributed by atoms with Crippen LogP contribution in [0.25, 0.3) is 5.52 Å². The maximum absolute atomic E-state index is 12.3. The fourth-order valence-corrected chi connectivity index (χ4v) is 2.54. The Balaban J connectivity index is 0.00000147. The summed E-state index contributed by atoms with van der Waals surface area (Å²) in [7, 11) is 0. The van der Waals surface area contributed by atoms with Crippen molar-refractivity contribution >= 4 is 23.8 Å². The molecule has 1 fully saturated rings. The minimum absolute atomic E-state index is 0. The van der Waals surface area contributed by atoms with Crippen molar-refractivity contribution in [1.82, 2.24) is 20.2 Å². The van der Waals surface area contributed by atoms with Gasteiger partial charge in [-0.2, -0.15) is 5.10 Å². The summed E-state index contributed by atoms with van der Waals surface area (Å²) in [5.41, 5.74) is 1.48. The summed E-state index contributed by atoms with van der Waals surface area (Å²) in [6, 6.07) is 5.91. The number of carbonyl (C=O) groups excluding carboxylic acids is 1. The molecule has 6 heteroatoms. The summed E-state index contributed by atoms with van der Waals surface area (Å²) in [4.78, 5) is 12.3. The fourth-order valence-electron chi connectivity index (χ4n) is 2.54. The summed E-state index contributed by atoms with van der Waals surface area (Å²) in [5, 5.41) is 10.6. The smallest absolute Gasteiger partial charge is 0.255 e. The van der Waals surface area contributed by atoms with E-state index in [2.05, 4.69) is 22.7 Å². The van der Waals surface area contributed by atoms with E-state index >= 15 is 0 Å². The SMILES string of the molecule is CC1CCNCC1NC(=O)c1cnn2ccccc12.Cl. The van der Waals surface area contributed by atoms with Gasteiger partial charge in [0.25, 0.3) is 5.91 Å². The first-order chi connectivity index (χ1) is 9.25. The van der Waals surface area contributed by atoms with Gasteiger partial charge in [-0.25, -0.2) is 4.52 Å². The fraction of sp³-hybridized carbons (Fsp3) is 0.429. The summed E-state index contributed by atoms with van der Waals surface area (Å²) < 4.78 is 1.72. The highest BCUT2D eigenvalue weighted by Crippen LogP contribution is 2.14. The van der Waals surface area contributed by atoms with E-state index in [1.807, 2.05) is 24.4 Å². The molecule has 108 valence electrons. The van der Waals surface area contributed by atoms with Gasteiger partial charge in [0, 0.05) is 18.8 Å². The van der Waals surface area contributed by atoms with Crippen LogP contribution in [0.5, 0.6) is 0 Å². The zero-order chi connectivity index (χ0) is 13.2. The minimum atomic E-state index is -0.0400. The Morgan fingerprint density at radius 3 is 3.15 bits per heavy atom. The van der Waals surface area contributed by atoms with Crippen LogP contribution in [0.4, 0.5) is 0 Å². The molecule has 5 nitrogen and oxygen atoms in total. The molecular formula is C14H19ClN4O. The van der Waals surface area contributed by atoms with E-state index in [0.29, 0.717) is 11.5 Å². The largest absolute Gasteiger partial charge is 0.348 e. The lowest BCUT2D eigenvalue weighted by atomic mass is 9.94. The van der Waals surface area contributed by atoms with Gasteiger partial charge in [0.2, 0.25) is 0 Å². The Morgan fingerprint density at radius 1 is 1.50 bits per heavy atom. The number of hydrogen-bond acceptors (Lipinski definition) is 3. The van der Waals surface area contributed by atoms with Crippen LogP contribution in [0.15, 0.2) is 30.6 Å². The van der Waals surface area contributed by atoms with Crippen LogP contribution in [0.3, 0.4) is 0 Å². The summed E-state index contributed by atoms with van der Waals surface area (Å²) in [5.74, 6) is 0.466. The van der Waals surface area contributed by atoms with E-state index < -0.39 is 0 Å². The second-order valence-corrected chi connectivity index (χ2v) is 5.14. The number of rotatable bonds is 2. The molecule has 2 aromatic heterocycles. The zero-order valence-corrected chi connectivity index (χ0v) is 12.2. The van der Waals surface area contributed by atoms with Gasteiger partial charge < -0.3 is 10.6 Å². The number of pyridine rings is 1. The van der Waals surface area contributed by atoms with Crippen molar-refractivity contribution in [3.63, 3.8) is 0 Å². The molecule has 0 saturated carbocycles. The number of aromatic nitrogens is 2. The predicted molar refractivity (Wildman–Crippen MR) is 80.3 cm³/mol. The minimum Gasteiger partial charge on any atom is -0.348 e. The molecule has 0 spiro atoms. The Labute approximate surface area is 124 Å². The number of carbonyl (C=O) groups is 1. The Bertz CT molecular complexity index is 598. The number of halogens is 1. The quantitative estimate of drug-likeness (QED) is 0.882. The van der Waals surface area contributed by atoms with Gasteiger partial charge in [0.15, 0.2) is 0 Å². The van der Waals surface area contributed by atoms with E-state index in [1.165, 1.54) is 0 Å². The first-order valence-electron chi connectivity index (χ1n) is 6.69. The molecule has 0 aliphatic carbocycles. The molecule has 1 aliphatic rings. The Hall–Kier alpha value is -1.59. The highest BCUT2D eigenvalue weighted by molar-refractivity contribution is 6.00. The van der Waals surface area contributed by atoms with E-state index in [4.69, 9.17) is 0 Å². The molecule has 1 aliphatic heterocycles. The lowest BCUT2D eigenvalue weighted by Gasteiger charge is -2.30. The van der Waals surface area contributed by atoms with Crippen molar-refractivity contribution in [3.8, 4) is 0 Å². The van der Waals surface area contributed by atoms with Crippen LogP contribution in [0.2, 0.25) is 0 Å². The second-order valence-electron chi connectivity index (χ2n) is 5.14. The summed E-state index contributed by atoms with van der Waals surface area (Å²) in [6.07, 6.45) is 4.57. The summed E-state index contributed by atoms with van der Waals surface area (Å²) in [6.45, 7) is 4.05. The number of piperidine rings is 1. The third-order valence-electron chi connectivity index (χ3n) is 3.82. The molecule has 2 N–H and O–H groups in total. The van der Waals surface area contributed by atoms with Crippen LogP contribution >= 0.6 is 12.4 Å². The lowest BCUT2D eigenvalue weighted by Crippen LogP contribution is -2.50. The predicted octanol–water partition coefficient (Wildman–Crippen LogP) is 1.48. The Kier molecular flexibility index (Phi) is 4.62. The normalized spacial score (nSPS) is 22.2. The lowest BCUT2D eigenvalue weighted by molar-refractivity contribution is 0.0917. The maximum atomic E-state index is 12.3. The number of amides is 1. The van der Waals surface area contributed by atoms with Gasteiger partial charge in [-0.1, -0.05) is 13.0 Å². The first-order valence-corrected chi connectivity index (χ1v) is 6.69. The second kappa shape index (κ2) is 6.24. The van der Waals surface area contributed by atoms with Crippen molar-refractivity contribution in [2.75, 3.05) is 13.1 Å². The van der Waals surface area contributed by atoms with Crippen molar-refractivity contribution in [2.45, 2.75) is 19.4 Å². The number of hydrogen-bond donors (Lipinski definition) is 2. The van der Waals surface area contributed by atoms with E-state index in [9.17, 15) is 4.79 Å². The average Bonchev–Trinajstić information content (AvgIpc) is 2.85. The molecule has 3 heterocycles. The highest BCUT2D eigenvalue weighted by Gasteiger charge is 2.24. The molecule has 0 aromatic carbocycles. The van der Waals surface area contributed by atoms with Crippen LogP contribution < -0.4 is 10.6 Å². The molecule has 2 atom stereocenters. The van der Waals surface area contributed by atoms with E-state index in [0.717, 1.165) is 25.0 Å². The Morgan fingerprint density at radius 2 is 2.35 bits per heavy atom. The number of nitrogens with zero attached hydrogens (tertiary/aromatic N) is 2. The third-order valence-corrected chi connectivity index (χ3v) is 3.82. The maximum Gasteiger partial charge on any atom is 0.255 e. The molecule has 2 unspecified atom stereocenters. The molecular weight excluding hydrogens is 276 g/mol. The van der Waals surface area contributed by atoms with Crippen molar-refractivity contribution in [1.29, 1.82) is 0 Å². The van der Waals surface area contributed by atoms with Gasteiger partial charge >= 0.3 is 0 Å². The van der Waals surface area contributed by atoms with Gasteiger partial charge in [-0.3, -0.25) is 4.79 Å². The van der Waals surface area contributed by atoms with Crippen LogP contribution in [-0.2, 0) is 0 Å². The molecule has 2 aromatic rings. The zero-order valence-electron chi connectivity index (χ0n) is 11.4. The molecule has 20 heavy (non-hydrogen) atoms. The first kappa shape index (κ1) is 14.8. The number of fused-ring (bicyclic) bond motifs is 1. The van der Waals surface area contributed by atoms with Crippen LogP contribution in [0, 0.1) is 5.92 Å².